The van der Waals surface area contributed by atoms with Gasteiger partial charge in [-0.15, -0.1) is 0 Å². The third kappa shape index (κ3) is 4.60. The van der Waals surface area contributed by atoms with Crippen molar-refractivity contribution in [2.75, 3.05) is 43.4 Å². The van der Waals surface area contributed by atoms with Crippen molar-refractivity contribution >= 4 is 34.5 Å². The largest absolute Gasteiger partial charge is 0.344 e. The third-order valence-corrected chi connectivity index (χ3v) is 6.87. The Morgan fingerprint density at radius 1 is 1.26 bits per heavy atom. The number of piperidine rings is 1. The Morgan fingerprint density at radius 2 is 2.00 bits per heavy atom. The Balaban J connectivity index is 1.41. The number of likely N-dealkylation sites (tertiary alicyclic amines) is 1. The summed E-state index contributed by atoms with van der Waals surface area (Å²) in [5.41, 5.74) is 2.03. The number of amides is 1. The third-order valence-electron chi connectivity index (χ3n) is 6.87. The zero-order valence-electron chi connectivity index (χ0n) is 20.9. The van der Waals surface area contributed by atoms with Gasteiger partial charge in [-0.1, -0.05) is 6.58 Å². The molecule has 0 aliphatic carbocycles. The SMILES string of the molecule is C=CC(=O)NC1(C)CN(c2nc(Nc3cnn(C4CCN(C)CC4)c3)c3ncn(C(C)C)c3n2)C1. The molecule has 2 fully saturated rings. The molecule has 3 aromatic rings. The predicted molar refractivity (Wildman–Crippen MR) is 136 cm³/mol. The van der Waals surface area contributed by atoms with Gasteiger partial charge in [0.25, 0.3) is 0 Å². The molecule has 5 rings (SSSR count). The minimum Gasteiger partial charge on any atom is -0.344 e. The summed E-state index contributed by atoms with van der Waals surface area (Å²) in [6.07, 6.45) is 9.19. The molecular weight excluding hydrogens is 444 g/mol. The minimum atomic E-state index is -0.343. The molecule has 35 heavy (non-hydrogen) atoms. The van der Waals surface area contributed by atoms with Crippen LogP contribution in [0.4, 0.5) is 17.5 Å². The van der Waals surface area contributed by atoms with E-state index in [1.807, 2.05) is 24.0 Å². The van der Waals surface area contributed by atoms with E-state index >= 15 is 0 Å². The van der Waals surface area contributed by atoms with E-state index in [9.17, 15) is 4.79 Å². The van der Waals surface area contributed by atoms with Gasteiger partial charge in [0.05, 0.1) is 29.8 Å². The van der Waals surface area contributed by atoms with E-state index in [1.165, 1.54) is 6.08 Å². The van der Waals surface area contributed by atoms with Crippen LogP contribution in [-0.4, -0.2) is 78.9 Å². The highest BCUT2D eigenvalue weighted by atomic mass is 16.1. The van der Waals surface area contributed by atoms with Gasteiger partial charge in [0.15, 0.2) is 17.0 Å². The van der Waals surface area contributed by atoms with E-state index < -0.39 is 0 Å². The summed E-state index contributed by atoms with van der Waals surface area (Å²) >= 11 is 0. The smallest absolute Gasteiger partial charge is 0.243 e. The van der Waals surface area contributed by atoms with Crippen LogP contribution >= 0.6 is 0 Å². The molecule has 11 nitrogen and oxygen atoms in total. The first kappa shape index (κ1) is 23.3. The fraction of sp³-hybridized carbons (Fsp3) is 0.542. The second kappa shape index (κ2) is 8.95. The van der Waals surface area contributed by atoms with Crippen LogP contribution in [0.2, 0.25) is 0 Å². The van der Waals surface area contributed by atoms with Gasteiger partial charge < -0.3 is 25.0 Å². The molecule has 0 spiro atoms. The molecule has 2 saturated heterocycles. The molecule has 0 unspecified atom stereocenters. The number of carbonyl (C=O) groups excluding carboxylic acids is 1. The van der Waals surface area contributed by atoms with Crippen LogP contribution in [-0.2, 0) is 4.79 Å². The fourth-order valence-electron chi connectivity index (χ4n) is 4.88. The number of anilines is 3. The van der Waals surface area contributed by atoms with E-state index in [0.717, 1.165) is 42.8 Å². The van der Waals surface area contributed by atoms with Crippen LogP contribution in [0.25, 0.3) is 11.2 Å². The number of fused-ring (bicyclic) bond motifs is 1. The van der Waals surface area contributed by atoms with Crippen LogP contribution in [0.3, 0.4) is 0 Å². The summed E-state index contributed by atoms with van der Waals surface area (Å²) in [5.74, 6) is 1.08. The number of hydrogen-bond acceptors (Lipinski definition) is 8. The summed E-state index contributed by atoms with van der Waals surface area (Å²) < 4.78 is 4.11. The summed E-state index contributed by atoms with van der Waals surface area (Å²) in [6, 6.07) is 0.615. The van der Waals surface area contributed by atoms with Gasteiger partial charge in [-0.05, 0) is 59.8 Å². The first-order valence-electron chi connectivity index (χ1n) is 12.2. The van der Waals surface area contributed by atoms with Crippen LogP contribution in [0.5, 0.6) is 0 Å². The molecule has 0 saturated carbocycles. The van der Waals surface area contributed by atoms with Crippen LogP contribution in [0.15, 0.2) is 31.4 Å². The fourth-order valence-corrected chi connectivity index (χ4v) is 4.88. The van der Waals surface area contributed by atoms with E-state index in [2.05, 4.69) is 68.9 Å². The second-order valence-corrected chi connectivity index (χ2v) is 10.3. The standard InChI is InChI=1S/C24H34N10O/c1-6-19(35)30-24(4)13-32(14-24)23-28-21(20-22(29-23)33(15-25-20)16(2)3)27-17-11-26-34(12-17)18-7-9-31(5)10-8-18/h6,11-12,15-16,18H,1,7-10,13-14H2,2-5H3,(H,30,35)(H,27,28,29). The van der Waals surface area contributed by atoms with Crippen molar-refractivity contribution in [3.05, 3.63) is 31.4 Å². The topological polar surface area (TPSA) is 109 Å². The van der Waals surface area contributed by atoms with Crippen molar-refractivity contribution < 1.29 is 4.79 Å². The average Bonchev–Trinajstić information content (AvgIpc) is 3.45. The predicted octanol–water partition coefficient (Wildman–Crippen LogP) is 2.49. The van der Waals surface area contributed by atoms with Gasteiger partial charge in [-0.3, -0.25) is 9.48 Å². The highest BCUT2D eigenvalue weighted by molar-refractivity contribution is 5.88. The lowest BCUT2D eigenvalue weighted by molar-refractivity contribution is -0.118. The van der Waals surface area contributed by atoms with E-state index in [0.29, 0.717) is 30.9 Å². The first-order valence-corrected chi connectivity index (χ1v) is 12.2. The van der Waals surface area contributed by atoms with E-state index in [4.69, 9.17) is 9.97 Å². The lowest BCUT2D eigenvalue weighted by atomic mass is 9.92. The lowest BCUT2D eigenvalue weighted by Crippen LogP contribution is -2.69. The monoisotopic (exact) mass is 478 g/mol. The molecule has 1 amide bonds. The number of carbonyl (C=O) groups is 1. The lowest BCUT2D eigenvalue weighted by Gasteiger charge is -2.48. The Bertz CT molecular complexity index is 1230. The van der Waals surface area contributed by atoms with Gasteiger partial charge in [0.2, 0.25) is 11.9 Å². The van der Waals surface area contributed by atoms with Crippen molar-refractivity contribution in [1.82, 2.24) is 39.5 Å². The minimum absolute atomic E-state index is 0.176. The van der Waals surface area contributed by atoms with Crippen LogP contribution in [0, 0.1) is 0 Å². The number of rotatable bonds is 7. The molecule has 0 aromatic carbocycles. The molecule has 0 atom stereocenters. The van der Waals surface area contributed by atoms with Crippen molar-refractivity contribution in [3.63, 3.8) is 0 Å². The molecule has 3 aromatic heterocycles. The number of imidazole rings is 1. The number of hydrogen-bond donors (Lipinski definition) is 2. The molecule has 11 heteroatoms. The van der Waals surface area contributed by atoms with E-state index in [1.54, 1.807) is 0 Å². The molecule has 186 valence electrons. The van der Waals surface area contributed by atoms with Crippen molar-refractivity contribution in [3.8, 4) is 0 Å². The summed E-state index contributed by atoms with van der Waals surface area (Å²) in [5, 5.41) is 11.1. The Kier molecular flexibility index (Phi) is 5.96. The summed E-state index contributed by atoms with van der Waals surface area (Å²) in [4.78, 5) is 30.5. The number of nitrogens with zero attached hydrogens (tertiary/aromatic N) is 8. The Labute approximate surface area is 205 Å². The molecule has 5 heterocycles. The van der Waals surface area contributed by atoms with E-state index in [-0.39, 0.29) is 17.5 Å². The van der Waals surface area contributed by atoms with Crippen LogP contribution < -0.4 is 15.5 Å². The zero-order valence-corrected chi connectivity index (χ0v) is 20.9. The Morgan fingerprint density at radius 3 is 2.69 bits per heavy atom. The van der Waals surface area contributed by atoms with Crippen LogP contribution in [0.1, 0.15) is 45.7 Å². The zero-order chi connectivity index (χ0) is 24.7. The highest BCUT2D eigenvalue weighted by Gasteiger charge is 2.41. The average molecular weight is 479 g/mol. The van der Waals surface area contributed by atoms with Gasteiger partial charge in [0.1, 0.15) is 0 Å². The quantitative estimate of drug-likeness (QED) is 0.499. The molecule has 2 N–H and O–H groups in total. The maximum absolute atomic E-state index is 11.8. The molecule has 2 aliphatic heterocycles. The van der Waals surface area contributed by atoms with Gasteiger partial charge >= 0.3 is 0 Å². The van der Waals surface area contributed by atoms with Gasteiger partial charge in [0, 0.05) is 25.3 Å². The van der Waals surface area contributed by atoms with Gasteiger partial charge in [-0.2, -0.15) is 15.1 Å². The molecular formula is C24H34N10O. The maximum atomic E-state index is 11.8. The molecule has 2 aliphatic rings. The normalized spacial score (nSPS) is 18.6. The highest BCUT2D eigenvalue weighted by Crippen LogP contribution is 2.31. The second-order valence-electron chi connectivity index (χ2n) is 10.3. The van der Waals surface area contributed by atoms with Gasteiger partial charge in [-0.25, -0.2) is 4.98 Å². The summed E-state index contributed by atoms with van der Waals surface area (Å²) in [7, 11) is 2.16. The number of nitrogens with one attached hydrogen (secondary N) is 2. The van der Waals surface area contributed by atoms with Crippen molar-refractivity contribution in [2.24, 2.45) is 0 Å². The summed E-state index contributed by atoms with van der Waals surface area (Å²) in [6.45, 7) is 13.2. The molecule has 0 bridgehead atoms. The van der Waals surface area contributed by atoms with Crippen molar-refractivity contribution in [2.45, 2.75) is 51.2 Å². The first-order chi connectivity index (χ1) is 16.7. The Hall–Kier alpha value is -3.47. The number of aromatic nitrogens is 6. The molecule has 0 radical (unpaired) electrons. The van der Waals surface area contributed by atoms with Crippen molar-refractivity contribution in [1.29, 1.82) is 0 Å². The maximum Gasteiger partial charge on any atom is 0.243 e.